The Hall–Kier alpha value is -2.70. The van der Waals surface area contributed by atoms with E-state index in [1.165, 1.54) is 11.6 Å². The fourth-order valence-electron chi connectivity index (χ4n) is 3.13. The monoisotopic (exact) mass is 409 g/mol. The Morgan fingerprint density at radius 1 is 1.10 bits per heavy atom. The van der Waals surface area contributed by atoms with Crippen molar-refractivity contribution in [3.05, 3.63) is 65.7 Å². The highest BCUT2D eigenvalue weighted by Gasteiger charge is 2.15. The van der Waals surface area contributed by atoms with Crippen LogP contribution >= 0.6 is 12.2 Å². The lowest BCUT2D eigenvalue weighted by Gasteiger charge is -2.30. The number of nitrogens with one attached hydrogen (secondary N) is 2. The number of amides is 1. The first kappa shape index (κ1) is 21.0. The number of rotatable bonds is 5. The molecule has 1 amide bonds. The average Bonchev–Trinajstić information content (AvgIpc) is 2.73. The fourth-order valence-corrected chi connectivity index (χ4v) is 3.34. The van der Waals surface area contributed by atoms with Crippen molar-refractivity contribution in [3.63, 3.8) is 0 Å². The van der Waals surface area contributed by atoms with E-state index in [1.807, 2.05) is 36.4 Å². The molecule has 0 unspecified atom stereocenters. The molecule has 1 heterocycles. The van der Waals surface area contributed by atoms with Crippen LogP contribution in [0.5, 0.6) is 0 Å². The van der Waals surface area contributed by atoms with Gasteiger partial charge in [-0.2, -0.15) is 0 Å². The second-order valence-corrected chi connectivity index (χ2v) is 7.62. The summed E-state index contributed by atoms with van der Waals surface area (Å²) in [6.07, 6.45) is 3.27. The molecule has 3 rings (SSSR count). The third-order valence-corrected chi connectivity index (χ3v) is 4.98. The SMILES string of the molecule is CC(C)c1ccc(C=CC(=O)NC(=S)Nc2ccccc2N2CCOCC2)cc1. The maximum absolute atomic E-state index is 12.2. The van der Waals surface area contributed by atoms with Crippen molar-refractivity contribution in [3.8, 4) is 0 Å². The summed E-state index contributed by atoms with van der Waals surface area (Å²) in [6.45, 7) is 7.39. The van der Waals surface area contributed by atoms with E-state index in [-0.39, 0.29) is 11.0 Å². The van der Waals surface area contributed by atoms with Gasteiger partial charge in [-0.1, -0.05) is 50.2 Å². The topological polar surface area (TPSA) is 53.6 Å². The summed E-state index contributed by atoms with van der Waals surface area (Å²) in [5.74, 6) is 0.222. The van der Waals surface area contributed by atoms with Crippen LogP contribution in [-0.2, 0) is 9.53 Å². The Balaban J connectivity index is 1.57. The molecule has 0 aromatic heterocycles. The third kappa shape index (κ3) is 6.14. The minimum absolute atomic E-state index is 0.265. The quantitative estimate of drug-likeness (QED) is 0.573. The van der Waals surface area contributed by atoms with Gasteiger partial charge in [0.05, 0.1) is 24.6 Å². The molecule has 0 aliphatic carbocycles. The van der Waals surface area contributed by atoms with Crippen LogP contribution in [0.3, 0.4) is 0 Å². The normalized spacial score (nSPS) is 14.2. The Bertz CT molecular complexity index is 872. The number of hydrogen-bond donors (Lipinski definition) is 2. The first-order valence-electron chi connectivity index (χ1n) is 9.84. The van der Waals surface area contributed by atoms with Gasteiger partial charge in [-0.15, -0.1) is 0 Å². The van der Waals surface area contributed by atoms with Crippen LogP contribution in [0.4, 0.5) is 11.4 Å². The fraction of sp³-hybridized carbons (Fsp3) is 0.304. The van der Waals surface area contributed by atoms with E-state index in [4.69, 9.17) is 17.0 Å². The van der Waals surface area contributed by atoms with Crippen molar-refractivity contribution < 1.29 is 9.53 Å². The Kier molecular flexibility index (Phi) is 7.38. The molecule has 5 nitrogen and oxygen atoms in total. The lowest BCUT2D eigenvalue weighted by molar-refractivity contribution is -0.115. The second-order valence-electron chi connectivity index (χ2n) is 7.21. The van der Waals surface area contributed by atoms with Crippen molar-refractivity contribution in [1.29, 1.82) is 0 Å². The van der Waals surface area contributed by atoms with Crippen molar-refractivity contribution in [2.24, 2.45) is 0 Å². The number of carbonyl (C=O) groups is 1. The summed E-state index contributed by atoms with van der Waals surface area (Å²) in [6, 6.07) is 16.1. The lowest BCUT2D eigenvalue weighted by Crippen LogP contribution is -2.37. The standard InChI is InChI=1S/C23H27N3O2S/c1-17(2)19-10-7-18(8-11-19)9-12-22(27)25-23(29)24-20-5-3-4-6-21(20)26-13-15-28-16-14-26/h3-12,17H,13-16H2,1-2H3,(H2,24,25,27,29). The van der Waals surface area contributed by atoms with Gasteiger partial charge in [0.25, 0.3) is 0 Å². The lowest BCUT2D eigenvalue weighted by atomic mass is 10.0. The molecule has 1 aliphatic heterocycles. The molecule has 6 heteroatoms. The molecular weight excluding hydrogens is 382 g/mol. The maximum Gasteiger partial charge on any atom is 0.250 e. The van der Waals surface area contributed by atoms with Gasteiger partial charge in [0, 0.05) is 19.2 Å². The summed E-state index contributed by atoms with van der Waals surface area (Å²) < 4.78 is 5.42. The first-order valence-corrected chi connectivity index (χ1v) is 10.3. The highest BCUT2D eigenvalue weighted by molar-refractivity contribution is 7.80. The first-order chi connectivity index (χ1) is 14.0. The molecule has 0 bridgehead atoms. The highest BCUT2D eigenvalue weighted by Crippen LogP contribution is 2.26. The number of para-hydroxylation sites is 2. The summed E-state index contributed by atoms with van der Waals surface area (Å²) in [7, 11) is 0. The predicted molar refractivity (Wildman–Crippen MR) is 123 cm³/mol. The van der Waals surface area contributed by atoms with Gasteiger partial charge in [-0.3, -0.25) is 10.1 Å². The molecule has 2 N–H and O–H groups in total. The van der Waals surface area contributed by atoms with Gasteiger partial charge in [-0.05, 0) is 47.5 Å². The molecule has 0 saturated carbocycles. The van der Waals surface area contributed by atoms with E-state index in [2.05, 4.69) is 41.5 Å². The molecule has 0 spiro atoms. The molecule has 1 saturated heterocycles. The minimum atomic E-state index is -0.265. The number of benzene rings is 2. The predicted octanol–water partition coefficient (Wildman–Crippen LogP) is 4.17. The van der Waals surface area contributed by atoms with Gasteiger partial charge in [0.1, 0.15) is 0 Å². The molecule has 2 aromatic rings. The third-order valence-electron chi connectivity index (χ3n) is 4.77. The van der Waals surface area contributed by atoms with Crippen LogP contribution in [0.1, 0.15) is 30.9 Å². The highest BCUT2D eigenvalue weighted by atomic mass is 32.1. The number of anilines is 2. The molecule has 2 aromatic carbocycles. The number of thiocarbonyl (C=S) groups is 1. The number of carbonyl (C=O) groups excluding carboxylic acids is 1. The average molecular weight is 410 g/mol. The van der Waals surface area contributed by atoms with E-state index >= 15 is 0 Å². The van der Waals surface area contributed by atoms with Crippen LogP contribution in [0.25, 0.3) is 6.08 Å². The second kappa shape index (κ2) is 10.2. The van der Waals surface area contributed by atoms with E-state index < -0.39 is 0 Å². The molecule has 152 valence electrons. The zero-order valence-electron chi connectivity index (χ0n) is 16.9. The van der Waals surface area contributed by atoms with Crippen LogP contribution in [0.15, 0.2) is 54.6 Å². The zero-order chi connectivity index (χ0) is 20.6. The van der Waals surface area contributed by atoms with Gasteiger partial charge >= 0.3 is 0 Å². The molecule has 0 atom stereocenters. The Morgan fingerprint density at radius 3 is 2.48 bits per heavy atom. The smallest absolute Gasteiger partial charge is 0.250 e. The van der Waals surface area contributed by atoms with Crippen LogP contribution < -0.4 is 15.5 Å². The number of ether oxygens (including phenoxy) is 1. The maximum atomic E-state index is 12.2. The van der Waals surface area contributed by atoms with Gasteiger partial charge in [0.2, 0.25) is 5.91 Å². The van der Waals surface area contributed by atoms with Crippen LogP contribution in [0.2, 0.25) is 0 Å². The summed E-state index contributed by atoms with van der Waals surface area (Å²) in [5.41, 5.74) is 4.16. The van der Waals surface area contributed by atoms with Gasteiger partial charge in [-0.25, -0.2) is 0 Å². The Labute approximate surface area is 177 Å². The van der Waals surface area contributed by atoms with E-state index in [0.717, 1.165) is 30.0 Å². The van der Waals surface area contributed by atoms with Crippen molar-refractivity contribution in [1.82, 2.24) is 5.32 Å². The van der Waals surface area contributed by atoms with E-state index in [9.17, 15) is 4.79 Å². The molecule has 1 fully saturated rings. The number of nitrogens with zero attached hydrogens (tertiary/aromatic N) is 1. The molecule has 0 radical (unpaired) electrons. The van der Waals surface area contributed by atoms with Crippen LogP contribution in [-0.4, -0.2) is 37.3 Å². The van der Waals surface area contributed by atoms with Gasteiger partial charge in [0.15, 0.2) is 5.11 Å². The summed E-state index contributed by atoms with van der Waals surface area (Å²) in [5, 5.41) is 6.12. The Morgan fingerprint density at radius 2 is 1.79 bits per heavy atom. The van der Waals surface area contributed by atoms with E-state index in [0.29, 0.717) is 19.1 Å². The number of morpholine rings is 1. The van der Waals surface area contributed by atoms with Crippen LogP contribution in [0, 0.1) is 0 Å². The van der Waals surface area contributed by atoms with Crippen molar-refractivity contribution >= 4 is 40.7 Å². The largest absolute Gasteiger partial charge is 0.378 e. The molecular formula is C23H27N3O2S. The van der Waals surface area contributed by atoms with E-state index in [1.54, 1.807) is 6.08 Å². The van der Waals surface area contributed by atoms with Gasteiger partial charge < -0.3 is 15.0 Å². The molecule has 29 heavy (non-hydrogen) atoms. The summed E-state index contributed by atoms with van der Waals surface area (Å²) in [4.78, 5) is 14.5. The molecule has 1 aliphatic rings. The number of hydrogen-bond acceptors (Lipinski definition) is 4. The van der Waals surface area contributed by atoms with Crippen molar-refractivity contribution in [2.45, 2.75) is 19.8 Å². The summed E-state index contributed by atoms with van der Waals surface area (Å²) >= 11 is 5.33. The minimum Gasteiger partial charge on any atom is -0.378 e. The van der Waals surface area contributed by atoms with Crippen molar-refractivity contribution in [2.75, 3.05) is 36.5 Å². The zero-order valence-corrected chi connectivity index (χ0v) is 17.7.